The van der Waals surface area contributed by atoms with Gasteiger partial charge in [-0.05, 0) is 43.4 Å². The fourth-order valence-corrected chi connectivity index (χ4v) is 8.41. The van der Waals surface area contributed by atoms with Crippen molar-refractivity contribution in [2.75, 3.05) is 12.9 Å². The Kier molecular flexibility index (Phi) is 4.60. The van der Waals surface area contributed by atoms with Crippen LogP contribution in [0, 0.1) is 22.7 Å². The Labute approximate surface area is 151 Å². The van der Waals surface area contributed by atoms with E-state index < -0.39 is 15.9 Å². The van der Waals surface area contributed by atoms with Crippen LogP contribution in [0.5, 0.6) is 0 Å². The number of carbonyl (C=O) groups excluding carboxylic acids is 1. The Morgan fingerprint density at radius 3 is 2.68 bits per heavy atom. The number of hydrogen-bond donors (Lipinski definition) is 0. The van der Waals surface area contributed by atoms with Gasteiger partial charge in [-0.3, -0.25) is 4.79 Å². The van der Waals surface area contributed by atoms with E-state index in [9.17, 15) is 13.2 Å². The van der Waals surface area contributed by atoms with Crippen molar-refractivity contribution in [2.45, 2.75) is 65.0 Å². The molecule has 25 heavy (non-hydrogen) atoms. The third-order valence-electron chi connectivity index (χ3n) is 7.53. The third kappa shape index (κ3) is 2.51. The first-order valence-electron chi connectivity index (χ1n) is 9.32. The molecule has 0 aromatic rings. The quantitative estimate of drug-likeness (QED) is 0.675. The Morgan fingerprint density at radius 1 is 1.44 bits per heavy atom. The number of methoxy groups -OCH3 is 1. The van der Waals surface area contributed by atoms with E-state index in [1.807, 2.05) is 0 Å². The van der Waals surface area contributed by atoms with Crippen LogP contribution in [0.4, 0.5) is 0 Å². The third-order valence-corrected chi connectivity index (χ3v) is 9.45. The van der Waals surface area contributed by atoms with Crippen LogP contribution in [0.25, 0.3) is 0 Å². The van der Waals surface area contributed by atoms with E-state index in [0.717, 1.165) is 25.7 Å². The van der Waals surface area contributed by atoms with E-state index in [1.165, 1.54) is 4.31 Å². The fraction of sp³-hybridized carbons (Fsp3) is 0.842. The molecule has 142 valence electrons. The summed E-state index contributed by atoms with van der Waals surface area (Å²) in [4.78, 5) is 13.2. The fourth-order valence-electron chi connectivity index (χ4n) is 5.79. The molecule has 3 rings (SSSR count). The van der Waals surface area contributed by atoms with Crippen LogP contribution in [-0.2, 0) is 19.6 Å². The van der Waals surface area contributed by atoms with Gasteiger partial charge in [-0.15, -0.1) is 6.58 Å². The molecule has 1 amide bonds. The summed E-state index contributed by atoms with van der Waals surface area (Å²) in [6.45, 7) is 9.89. The summed E-state index contributed by atoms with van der Waals surface area (Å²) in [6, 6.07) is -0.168. The minimum atomic E-state index is -3.56. The first kappa shape index (κ1) is 18.9. The minimum Gasteiger partial charge on any atom is -0.381 e. The lowest BCUT2D eigenvalue weighted by Crippen LogP contribution is -2.48. The zero-order valence-electron chi connectivity index (χ0n) is 15.8. The maximum atomic E-state index is 13.2. The lowest BCUT2D eigenvalue weighted by atomic mass is 9.69. The van der Waals surface area contributed by atoms with Gasteiger partial charge < -0.3 is 4.74 Å². The van der Waals surface area contributed by atoms with Crippen molar-refractivity contribution in [1.29, 1.82) is 0 Å². The van der Waals surface area contributed by atoms with Crippen LogP contribution in [0.1, 0.15) is 52.9 Å². The summed E-state index contributed by atoms with van der Waals surface area (Å²) in [7, 11) is -1.98. The van der Waals surface area contributed by atoms with Crippen molar-refractivity contribution in [3.05, 3.63) is 12.7 Å². The predicted molar refractivity (Wildman–Crippen MR) is 97.4 cm³/mol. The predicted octanol–water partition coefficient (Wildman–Crippen LogP) is 2.97. The summed E-state index contributed by atoms with van der Waals surface area (Å²) in [5, 5.41) is 0. The summed E-state index contributed by atoms with van der Waals surface area (Å²) < 4.78 is 32.7. The van der Waals surface area contributed by atoms with Crippen LogP contribution in [0.15, 0.2) is 12.7 Å². The van der Waals surface area contributed by atoms with Gasteiger partial charge in [0.1, 0.15) is 0 Å². The number of hydrogen-bond acceptors (Lipinski definition) is 4. The molecule has 2 bridgehead atoms. The molecule has 1 spiro atoms. The number of rotatable bonds is 6. The van der Waals surface area contributed by atoms with Gasteiger partial charge in [0.25, 0.3) is 0 Å². The van der Waals surface area contributed by atoms with Crippen LogP contribution in [0.2, 0.25) is 0 Å². The lowest BCUT2D eigenvalue weighted by Gasteiger charge is -2.37. The lowest BCUT2D eigenvalue weighted by molar-refractivity contribution is -0.137. The van der Waals surface area contributed by atoms with E-state index in [1.54, 1.807) is 20.1 Å². The molecule has 2 aliphatic carbocycles. The second kappa shape index (κ2) is 6.08. The topological polar surface area (TPSA) is 63.7 Å². The van der Waals surface area contributed by atoms with Crippen molar-refractivity contribution in [3.8, 4) is 0 Å². The summed E-state index contributed by atoms with van der Waals surface area (Å²) in [6.07, 6.45) is 5.73. The highest BCUT2D eigenvalue weighted by Gasteiger charge is 2.72. The van der Waals surface area contributed by atoms with Gasteiger partial charge >= 0.3 is 0 Å². The Hall–Kier alpha value is -0.880. The van der Waals surface area contributed by atoms with E-state index in [2.05, 4.69) is 20.4 Å². The van der Waals surface area contributed by atoms with Crippen molar-refractivity contribution in [1.82, 2.24) is 4.31 Å². The highest BCUT2D eigenvalue weighted by atomic mass is 32.2. The highest BCUT2D eigenvalue weighted by Crippen LogP contribution is 2.70. The van der Waals surface area contributed by atoms with Gasteiger partial charge in [0, 0.05) is 12.5 Å². The Bertz CT molecular complexity index is 671. The number of fused-ring (bicyclic) bond motifs is 1. The van der Waals surface area contributed by atoms with Gasteiger partial charge in [-0.25, -0.2) is 12.7 Å². The molecule has 1 heterocycles. The van der Waals surface area contributed by atoms with Crippen molar-refractivity contribution in [3.63, 3.8) is 0 Å². The molecular weight excluding hydrogens is 338 g/mol. The summed E-state index contributed by atoms with van der Waals surface area (Å²) in [5.74, 6) is -0.132. The van der Waals surface area contributed by atoms with E-state index in [4.69, 9.17) is 4.74 Å². The second-order valence-corrected chi connectivity index (χ2v) is 10.5. The number of sulfonamides is 1. The molecule has 3 fully saturated rings. The molecule has 0 aromatic carbocycles. The van der Waals surface area contributed by atoms with E-state index in [-0.39, 0.29) is 34.6 Å². The smallest absolute Gasteiger partial charge is 0.241 e. The molecule has 1 saturated heterocycles. The van der Waals surface area contributed by atoms with Crippen LogP contribution >= 0.6 is 0 Å². The molecule has 3 aliphatic rings. The number of ether oxygens (including phenoxy) is 1. The monoisotopic (exact) mass is 369 g/mol. The SMILES string of the molecule is C=CCC[C@@H](OC)C(C)C(=O)N1C2CC3CCC2(CS1(=O)=O)C3(C)C. The normalized spacial score (nSPS) is 36.9. The zero-order chi connectivity index (χ0) is 18.6. The molecule has 6 heteroatoms. The number of allylic oxidation sites excluding steroid dienone is 1. The van der Waals surface area contributed by atoms with E-state index >= 15 is 0 Å². The summed E-state index contributed by atoms with van der Waals surface area (Å²) in [5.41, 5.74) is -0.290. The molecule has 2 saturated carbocycles. The maximum absolute atomic E-state index is 13.2. The number of amides is 1. The molecular formula is C19H31NO4S. The average Bonchev–Trinajstić information content (AvgIpc) is 3.02. The van der Waals surface area contributed by atoms with E-state index in [0.29, 0.717) is 12.3 Å². The minimum absolute atomic E-state index is 0.0213. The first-order valence-corrected chi connectivity index (χ1v) is 10.9. The van der Waals surface area contributed by atoms with Gasteiger partial charge in [0.05, 0.1) is 23.8 Å². The molecule has 0 radical (unpaired) electrons. The Balaban J connectivity index is 1.89. The van der Waals surface area contributed by atoms with Crippen LogP contribution < -0.4 is 0 Å². The van der Waals surface area contributed by atoms with Crippen molar-refractivity contribution < 1.29 is 17.9 Å². The summed E-state index contributed by atoms with van der Waals surface area (Å²) >= 11 is 0. The standard InChI is InChI=1S/C19H31NO4S/c1-6-7-8-15(24-5)13(2)17(21)20-16-11-14-9-10-19(16,18(14,3)4)12-25(20,22)23/h6,13-16H,1,7-12H2,2-5H3/t13?,14?,15-,16?,19?/m1/s1. The molecule has 5 atom stereocenters. The van der Waals surface area contributed by atoms with Crippen molar-refractivity contribution >= 4 is 15.9 Å². The molecule has 0 aromatic heterocycles. The van der Waals surface area contributed by atoms with Crippen LogP contribution in [0.3, 0.4) is 0 Å². The van der Waals surface area contributed by atoms with Gasteiger partial charge in [0.2, 0.25) is 15.9 Å². The molecule has 4 unspecified atom stereocenters. The highest BCUT2D eigenvalue weighted by molar-refractivity contribution is 7.90. The molecule has 5 nitrogen and oxygen atoms in total. The van der Waals surface area contributed by atoms with Crippen molar-refractivity contribution in [2.24, 2.45) is 22.7 Å². The first-order chi connectivity index (χ1) is 11.6. The van der Waals surface area contributed by atoms with Gasteiger partial charge in [-0.1, -0.05) is 26.8 Å². The zero-order valence-corrected chi connectivity index (χ0v) is 16.6. The number of carbonyl (C=O) groups is 1. The van der Waals surface area contributed by atoms with Gasteiger partial charge in [0.15, 0.2) is 0 Å². The largest absolute Gasteiger partial charge is 0.381 e. The van der Waals surface area contributed by atoms with Crippen LogP contribution in [-0.4, -0.2) is 43.6 Å². The average molecular weight is 370 g/mol. The molecule has 1 aliphatic heterocycles. The molecule has 0 N–H and O–H groups in total. The Morgan fingerprint density at radius 2 is 2.12 bits per heavy atom. The maximum Gasteiger partial charge on any atom is 0.241 e. The second-order valence-electron chi connectivity index (χ2n) is 8.68. The number of nitrogens with zero attached hydrogens (tertiary/aromatic N) is 1. The van der Waals surface area contributed by atoms with Gasteiger partial charge in [-0.2, -0.15) is 0 Å².